The number of benzene rings is 7. The first-order chi connectivity index (χ1) is 21.8. The standard InChI is InChI=1S/C42H30N2/c1-5-15-32(16-6-1)39-29-33(30-40-38-23-13-14-24-41(38)44(42(39)40)36-21-11-4-12-22-36)31-25-27-37(28-26-31)43(34-17-7-2-8-18-34)35-19-9-3-10-20-35/h1-30H. The molecule has 1 aromatic heterocycles. The van der Waals surface area contributed by atoms with Gasteiger partial charge in [-0.1, -0.05) is 115 Å². The molecule has 0 aliphatic carbocycles. The monoisotopic (exact) mass is 562 g/mol. The third kappa shape index (κ3) is 4.54. The summed E-state index contributed by atoms with van der Waals surface area (Å²) in [5, 5.41) is 2.50. The van der Waals surface area contributed by atoms with Crippen LogP contribution in [0.15, 0.2) is 182 Å². The van der Waals surface area contributed by atoms with E-state index >= 15 is 0 Å². The van der Waals surface area contributed by atoms with Crippen LogP contribution in [0.1, 0.15) is 0 Å². The fourth-order valence-electron chi connectivity index (χ4n) is 6.35. The van der Waals surface area contributed by atoms with Gasteiger partial charge in [-0.2, -0.15) is 0 Å². The van der Waals surface area contributed by atoms with Gasteiger partial charge in [0.25, 0.3) is 0 Å². The fraction of sp³-hybridized carbons (Fsp3) is 0. The number of nitrogens with zero attached hydrogens (tertiary/aromatic N) is 2. The molecule has 8 rings (SSSR count). The summed E-state index contributed by atoms with van der Waals surface area (Å²) in [4.78, 5) is 2.30. The summed E-state index contributed by atoms with van der Waals surface area (Å²) < 4.78 is 2.41. The van der Waals surface area contributed by atoms with E-state index in [0.29, 0.717) is 0 Å². The molecule has 0 saturated heterocycles. The minimum atomic E-state index is 1.12. The lowest BCUT2D eigenvalue weighted by molar-refractivity contribution is 1.18. The van der Waals surface area contributed by atoms with Crippen molar-refractivity contribution in [3.05, 3.63) is 182 Å². The van der Waals surface area contributed by atoms with E-state index in [1.807, 2.05) is 0 Å². The fourth-order valence-corrected chi connectivity index (χ4v) is 6.35. The Hall–Kier alpha value is -5.86. The number of para-hydroxylation sites is 4. The Morgan fingerprint density at radius 1 is 0.364 bits per heavy atom. The topological polar surface area (TPSA) is 8.17 Å². The third-order valence-corrected chi connectivity index (χ3v) is 8.36. The summed E-state index contributed by atoms with van der Waals surface area (Å²) >= 11 is 0. The predicted octanol–water partition coefficient (Wildman–Crippen LogP) is 11.6. The molecule has 208 valence electrons. The molecule has 0 radical (unpaired) electrons. The van der Waals surface area contributed by atoms with Gasteiger partial charge >= 0.3 is 0 Å². The van der Waals surface area contributed by atoms with Crippen molar-refractivity contribution in [3.8, 4) is 27.9 Å². The Bertz CT molecular complexity index is 2140. The number of aromatic nitrogens is 1. The van der Waals surface area contributed by atoms with Crippen molar-refractivity contribution in [2.24, 2.45) is 0 Å². The van der Waals surface area contributed by atoms with Gasteiger partial charge in [-0.05, 0) is 83.4 Å². The van der Waals surface area contributed by atoms with Crippen LogP contribution >= 0.6 is 0 Å². The molecule has 1 heterocycles. The molecule has 0 bridgehead atoms. The molecule has 7 aromatic carbocycles. The van der Waals surface area contributed by atoms with Gasteiger partial charge in [-0.3, -0.25) is 0 Å². The molecule has 44 heavy (non-hydrogen) atoms. The van der Waals surface area contributed by atoms with E-state index in [1.54, 1.807) is 0 Å². The van der Waals surface area contributed by atoms with Gasteiger partial charge < -0.3 is 9.47 Å². The molecule has 0 amide bonds. The summed E-state index contributed by atoms with van der Waals surface area (Å²) in [6, 6.07) is 65.0. The highest BCUT2D eigenvalue weighted by molar-refractivity contribution is 6.15. The molecular formula is C42H30N2. The second-order valence-electron chi connectivity index (χ2n) is 11.0. The van der Waals surface area contributed by atoms with Crippen LogP contribution in [0.25, 0.3) is 49.7 Å². The van der Waals surface area contributed by atoms with E-state index in [1.165, 1.54) is 44.1 Å². The lowest BCUT2D eigenvalue weighted by atomic mass is 9.95. The van der Waals surface area contributed by atoms with Crippen molar-refractivity contribution in [3.63, 3.8) is 0 Å². The Kier molecular flexibility index (Phi) is 6.51. The molecule has 0 fully saturated rings. The summed E-state index contributed by atoms with van der Waals surface area (Å²) in [6.07, 6.45) is 0. The van der Waals surface area contributed by atoms with E-state index in [9.17, 15) is 0 Å². The summed E-state index contributed by atoms with van der Waals surface area (Å²) in [7, 11) is 0. The minimum Gasteiger partial charge on any atom is -0.311 e. The van der Waals surface area contributed by atoms with Crippen molar-refractivity contribution in [2.75, 3.05) is 4.90 Å². The van der Waals surface area contributed by atoms with Crippen LogP contribution < -0.4 is 4.90 Å². The van der Waals surface area contributed by atoms with Gasteiger partial charge in [0, 0.05) is 39.1 Å². The zero-order valence-corrected chi connectivity index (χ0v) is 24.2. The Morgan fingerprint density at radius 3 is 1.52 bits per heavy atom. The van der Waals surface area contributed by atoms with Crippen molar-refractivity contribution in [1.29, 1.82) is 0 Å². The van der Waals surface area contributed by atoms with Crippen LogP contribution in [-0.2, 0) is 0 Å². The van der Waals surface area contributed by atoms with Crippen molar-refractivity contribution < 1.29 is 0 Å². The Balaban J connectivity index is 1.33. The molecule has 0 N–H and O–H groups in total. The van der Waals surface area contributed by atoms with E-state index in [2.05, 4.69) is 191 Å². The number of rotatable bonds is 6. The largest absolute Gasteiger partial charge is 0.311 e. The Morgan fingerprint density at radius 2 is 0.886 bits per heavy atom. The molecule has 0 aliphatic rings. The second-order valence-corrected chi connectivity index (χ2v) is 11.0. The molecule has 8 aromatic rings. The number of fused-ring (bicyclic) bond motifs is 3. The molecule has 2 heteroatoms. The van der Waals surface area contributed by atoms with Crippen LogP contribution in [0, 0.1) is 0 Å². The van der Waals surface area contributed by atoms with Gasteiger partial charge in [0.05, 0.1) is 11.0 Å². The molecule has 0 atom stereocenters. The molecule has 0 aliphatic heterocycles. The average molecular weight is 563 g/mol. The smallest absolute Gasteiger partial charge is 0.0619 e. The van der Waals surface area contributed by atoms with Crippen molar-refractivity contribution >= 4 is 38.9 Å². The van der Waals surface area contributed by atoms with Crippen molar-refractivity contribution in [1.82, 2.24) is 4.57 Å². The number of hydrogen-bond acceptors (Lipinski definition) is 1. The van der Waals surface area contributed by atoms with Crippen LogP contribution in [0.4, 0.5) is 17.1 Å². The molecule has 0 spiro atoms. The molecule has 0 saturated carbocycles. The molecular weight excluding hydrogens is 532 g/mol. The highest BCUT2D eigenvalue weighted by Gasteiger charge is 2.19. The van der Waals surface area contributed by atoms with E-state index < -0.39 is 0 Å². The van der Waals surface area contributed by atoms with Crippen LogP contribution in [0.2, 0.25) is 0 Å². The van der Waals surface area contributed by atoms with Gasteiger partial charge in [0.2, 0.25) is 0 Å². The lowest BCUT2D eigenvalue weighted by Crippen LogP contribution is -2.09. The zero-order valence-electron chi connectivity index (χ0n) is 24.2. The van der Waals surface area contributed by atoms with Gasteiger partial charge in [-0.15, -0.1) is 0 Å². The van der Waals surface area contributed by atoms with Crippen LogP contribution in [-0.4, -0.2) is 4.57 Å². The lowest BCUT2D eigenvalue weighted by Gasteiger charge is -2.25. The maximum atomic E-state index is 2.41. The average Bonchev–Trinajstić information content (AvgIpc) is 3.44. The van der Waals surface area contributed by atoms with E-state index in [0.717, 1.165) is 22.7 Å². The van der Waals surface area contributed by atoms with Crippen molar-refractivity contribution in [2.45, 2.75) is 0 Å². The van der Waals surface area contributed by atoms with Gasteiger partial charge in [0.15, 0.2) is 0 Å². The maximum absolute atomic E-state index is 2.41. The summed E-state index contributed by atoms with van der Waals surface area (Å²) in [5.74, 6) is 0. The first-order valence-electron chi connectivity index (χ1n) is 15.0. The predicted molar refractivity (Wildman–Crippen MR) is 186 cm³/mol. The molecule has 0 unspecified atom stereocenters. The maximum Gasteiger partial charge on any atom is 0.0619 e. The van der Waals surface area contributed by atoms with Gasteiger partial charge in [0.1, 0.15) is 0 Å². The first-order valence-corrected chi connectivity index (χ1v) is 15.0. The number of anilines is 3. The van der Waals surface area contributed by atoms with Crippen LogP contribution in [0.5, 0.6) is 0 Å². The minimum absolute atomic E-state index is 1.12. The number of hydrogen-bond donors (Lipinski definition) is 0. The van der Waals surface area contributed by atoms with Gasteiger partial charge in [-0.25, -0.2) is 0 Å². The summed E-state index contributed by atoms with van der Waals surface area (Å²) in [5.41, 5.74) is 11.8. The quantitative estimate of drug-likeness (QED) is 0.196. The third-order valence-electron chi connectivity index (χ3n) is 8.36. The summed E-state index contributed by atoms with van der Waals surface area (Å²) in [6.45, 7) is 0. The Labute approximate surface area is 257 Å². The highest BCUT2D eigenvalue weighted by atomic mass is 15.1. The van der Waals surface area contributed by atoms with Crippen LogP contribution in [0.3, 0.4) is 0 Å². The highest BCUT2D eigenvalue weighted by Crippen LogP contribution is 2.42. The van der Waals surface area contributed by atoms with E-state index in [4.69, 9.17) is 0 Å². The van der Waals surface area contributed by atoms with E-state index in [-0.39, 0.29) is 0 Å². The molecule has 2 nitrogen and oxygen atoms in total. The second kappa shape index (κ2) is 11.1. The SMILES string of the molecule is c1ccc(-c2cc(-c3ccc(N(c4ccccc4)c4ccccc4)cc3)cc3c4ccccc4n(-c4ccccc4)c23)cc1. The first kappa shape index (κ1) is 25.8. The zero-order chi connectivity index (χ0) is 29.3. The normalized spacial score (nSPS) is 11.2.